The lowest BCUT2D eigenvalue weighted by Gasteiger charge is -2.19. The summed E-state index contributed by atoms with van der Waals surface area (Å²) in [5, 5.41) is 2.92. The first-order chi connectivity index (χ1) is 9.32. The fourth-order valence-corrected chi connectivity index (χ4v) is 2.07. The Labute approximate surface area is 122 Å². The molecular weight excluding hydrogens is 250 g/mol. The summed E-state index contributed by atoms with van der Waals surface area (Å²) in [5.74, 6) is 0.0782. The Morgan fingerprint density at radius 2 is 1.85 bits per heavy atom. The van der Waals surface area contributed by atoms with Crippen molar-refractivity contribution < 1.29 is 9.53 Å². The van der Waals surface area contributed by atoms with E-state index in [9.17, 15) is 4.79 Å². The van der Waals surface area contributed by atoms with Crippen LogP contribution in [0.5, 0.6) is 0 Å². The first-order valence-corrected chi connectivity index (χ1v) is 7.20. The van der Waals surface area contributed by atoms with E-state index in [1.807, 2.05) is 6.92 Å². The minimum atomic E-state index is 0.0655. The molecule has 0 bridgehead atoms. The van der Waals surface area contributed by atoms with Gasteiger partial charge in [-0.15, -0.1) is 0 Å². The second-order valence-corrected chi connectivity index (χ2v) is 6.37. The van der Waals surface area contributed by atoms with Gasteiger partial charge in [-0.2, -0.15) is 0 Å². The molecule has 0 saturated heterocycles. The Morgan fingerprint density at radius 3 is 2.35 bits per heavy atom. The van der Waals surface area contributed by atoms with Gasteiger partial charge in [0, 0.05) is 19.6 Å². The number of methoxy groups -OCH3 is 1. The number of aryl methyl sites for hydroxylation is 1. The molecule has 0 aliphatic carbocycles. The van der Waals surface area contributed by atoms with Crippen LogP contribution in [0.2, 0.25) is 0 Å². The number of rotatable bonds is 6. The molecule has 20 heavy (non-hydrogen) atoms. The maximum Gasteiger partial charge on any atom is 0.220 e. The van der Waals surface area contributed by atoms with Crippen LogP contribution in [0.3, 0.4) is 0 Å². The average molecular weight is 277 g/mol. The summed E-state index contributed by atoms with van der Waals surface area (Å²) in [4.78, 5) is 11.8. The van der Waals surface area contributed by atoms with Gasteiger partial charge in [-0.3, -0.25) is 4.79 Å². The molecular formula is C17H27NO2. The lowest BCUT2D eigenvalue weighted by Crippen LogP contribution is -2.35. The maximum absolute atomic E-state index is 11.8. The van der Waals surface area contributed by atoms with Gasteiger partial charge in [0.2, 0.25) is 5.91 Å². The highest BCUT2D eigenvalue weighted by atomic mass is 16.5. The monoisotopic (exact) mass is 277 g/mol. The first kappa shape index (κ1) is 16.7. The summed E-state index contributed by atoms with van der Waals surface area (Å²) in [7, 11) is 1.64. The molecule has 1 rings (SSSR count). The van der Waals surface area contributed by atoms with Gasteiger partial charge in [-0.1, -0.05) is 45.0 Å². The van der Waals surface area contributed by atoms with Crippen LogP contribution in [0.4, 0.5) is 0 Å². The number of benzene rings is 1. The van der Waals surface area contributed by atoms with Gasteiger partial charge >= 0.3 is 0 Å². The molecule has 0 heterocycles. The third-order valence-corrected chi connectivity index (χ3v) is 3.28. The van der Waals surface area contributed by atoms with E-state index >= 15 is 0 Å². The Morgan fingerprint density at radius 1 is 1.25 bits per heavy atom. The molecule has 0 aromatic heterocycles. The van der Waals surface area contributed by atoms with E-state index in [0.717, 1.165) is 6.42 Å². The second kappa shape index (κ2) is 7.44. The maximum atomic E-state index is 11.8. The van der Waals surface area contributed by atoms with Crippen LogP contribution >= 0.6 is 0 Å². The number of hydrogen-bond donors (Lipinski definition) is 1. The van der Waals surface area contributed by atoms with Crippen LogP contribution in [0, 0.1) is 0 Å². The standard InChI is InChI=1S/C17H27NO2/c1-13(12-20-5)18-16(19)11-8-14-6-9-15(10-7-14)17(2,3)4/h6-7,9-10,13H,8,11-12H2,1-5H3,(H,18,19)/t13-/m1/s1. The number of hydrogen-bond acceptors (Lipinski definition) is 2. The molecule has 3 heteroatoms. The number of ether oxygens (including phenoxy) is 1. The van der Waals surface area contributed by atoms with E-state index < -0.39 is 0 Å². The van der Waals surface area contributed by atoms with Gasteiger partial charge in [0.05, 0.1) is 6.61 Å². The fraction of sp³-hybridized carbons (Fsp3) is 0.588. The lowest BCUT2D eigenvalue weighted by molar-refractivity contribution is -0.122. The van der Waals surface area contributed by atoms with Crippen molar-refractivity contribution in [3.05, 3.63) is 35.4 Å². The van der Waals surface area contributed by atoms with E-state index in [4.69, 9.17) is 4.74 Å². The van der Waals surface area contributed by atoms with E-state index in [1.54, 1.807) is 7.11 Å². The number of amides is 1. The van der Waals surface area contributed by atoms with Gasteiger partial charge in [-0.05, 0) is 29.9 Å². The van der Waals surface area contributed by atoms with Gasteiger partial charge in [-0.25, -0.2) is 0 Å². The molecule has 1 amide bonds. The van der Waals surface area contributed by atoms with Gasteiger partial charge in [0.15, 0.2) is 0 Å². The quantitative estimate of drug-likeness (QED) is 0.868. The largest absolute Gasteiger partial charge is 0.383 e. The highest BCUT2D eigenvalue weighted by Gasteiger charge is 2.13. The zero-order valence-corrected chi connectivity index (χ0v) is 13.3. The Bertz CT molecular complexity index is 418. The minimum Gasteiger partial charge on any atom is -0.383 e. The summed E-state index contributed by atoms with van der Waals surface area (Å²) in [6.07, 6.45) is 1.29. The molecule has 1 aromatic rings. The van der Waals surface area contributed by atoms with E-state index in [-0.39, 0.29) is 17.4 Å². The zero-order chi connectivity index (χ0) is 15.2. The SMILES string of the molecule is COC[C@@H](C)NC(=O)CCc1ccc(C(C)(C)C)cc1. The van der Waals surface area contributed by atoms with Crippen molar-refractivity contribution in [2.24, 2.45) is 0 Å². The Hall–Kier alpha value is -1.35. The third kappa shape index (κ3) is 5.74. The van der Waals surface area contributed by atoms with Crippen molar-refractivity contribution in [3.8, 4) is 0 Å². The zero-order valence-electron chi connectivity index (χ0n) is 13.3. The molecule has 1 atom stereocenters. The number of carbonyl (C=O) groups excluding carboxylic acids is 1. The van der Waals surface area contributed by atoms with Crippen molar-refractivity contribution in [2.45, 2.75) is 52.0 Å². The van der Waals surface area contributed by atoms with Crippen molar-refractivity contribution >= 4 is 5.91 Å². The summed E-state index contributed by atoms with van der Waals surface area (Å²) in [5.41, 5.74) is 2.69. The average Bonchev–Trinajstić information content (AvgIpc) is 2.36. The van der Waals surface area contributed by atoms with Crippen LogP contribution < -0.4 is 5.32 Å². The molecule has 1 aromatic carbocycles. The molecule has 0 aliphatic rings. The Balaban J connectivity index is 2.44. The number of nitrogens with one attached hydrogen (secondary N) is 1. The fourth-order valence-electron chi connectivity index (χ4n) is 2.07. The van der Waals surface area contributed by atoms with Crippen molar-refractivity contribution in [2.75, 3.05) is 13.7 Å². The van der Waals surface area contributed by atoms with Crippen molar-refractivity contribution in [3.63, 3.8) is 0 Å². The highest BCUT2D eigenvalue weighted by molar-refractivity contribution is 5.76. The van der Waals surface area contributed by atoms with E-state index in [1.165, 1.54) is 11.1 Å². The minimum absolute atomic E-state index is 0.0655. The summed E-state index contributed by atoms with van der Waals surface area (Å²) < 4.78 is 5.00. The molecule has 0 unspecified atom stereocenters. The molecule has 0 spiro atoms. The smallest absolute Gasteiger partial charge is 0.220 e. The lowest BCUT2D eigenvalue weighted by atomic mass is 9.86. The Kier molecular flexibility index (Phi) is 6.21. The van der Waals surface area contributed by atoms with Crippen LogP contribution in [0.25, 0.3) is 0 Å². The van der Waals surface area contributed by atoms with E-state index in [2.05, 4.69) is 50.4 Å². The third-order valence-electron chi connectivity index (χ3n) is 3.28. The summed E-state index contributed by atoms with van der Waals surface area (Å²) >= 11 is 0. The van der Waals surface area contributed by atoms with Crippen molar-refractivity contribution in [1.29, 1.82) is 0 Å². The molecule has 0 fully saturated rings. The molecule has 0 aliphatic heterocycles. The topological polar surface area (TPSA) is 38.3 Å². The molecule has 3 nitrogen and oxygen atoms in total. The summed E-state index contributed by atoms with van der Waals surface area (Å²) in [6, 6.07) is 8.61. The normalized spacial score (nSPS) is 13.1. The van der Waals surface area contributed by atoms with Gasteiger partial charge in [0.1, 0.15) is 0 Å². The second-order valence-electron chi connectivity index (χ2n) is 6.37. The molecule has 1 N–H and O–H groups in total. The van der Waals surface area contributed by atoms with Crippen LogP contribution in [-0.4, -0.2) is 25.7 Å². The van der Waals surface area contributed by atoms with Gasteiger partial charge in [0.25, 0.3) is 0 Å². The molecule has 0 saturated carbocycles. The van der Waals surface area contributed by atoms with Crippen molar-refractivity contribution in [1.82, 2.24) is 5.32 Å². The predicted molar refractivity (Wildman–Crippen MR) is 82.9 cm³/mol. The predicted octanol–water partition coefficient (Wildman–Crippen LogP) is 3.07. The highest BCUT2D eigenvalue weighted by Crippen LogP contribution is 2.22. The van der Waals surface area contributed by atoms with Crippen LogP contribution in [0.1, 0.15) is 45.2 Å². The van der Waals surface area contributed by atoms with E-state index in [0.29, 0.717) is 13.0 Å². The molecule has 0 radical (unpaired) electrons. The van der Waals surface area contributed by atoms with Gasteiger partial charge < -0.3 is 10.1 Å². The van der Waals surface area contributed by atoms with Crippen LogP contribution in [0.15, 0.2) is 24.3 Å². The number of carbonyl (C=O) groups is 1. The first-order valence-electron chi connectivity index (χ1n) is 7.20. The van der Waals surface area contributed by atoms with Crippen LogP contribution in [-0.2, 0) is 21.4 Å². The summed E-state index contributed by atoms with van der Waals surface area (Å²) in [6.45, 7) is 9.09. The molecule has 112 valence electrons.